The molecule has 1 amide bonds. The Hall–Kier alpha value is -2.07. The molecule has 2 aliphatic heterocycles. The lowest BCUT2D eigenvalue weighted by molar-refractivity contribution is -0.131. The normalized spacial score (nSPS) is 27.2. The van der Waals surface area contributed by atoms with Crippen LogP contribution in [-0.2, 0) is 16.8 Å². The van der Waals surface area contributed by atoms with Gasteiger partial charge in [0.1, 0.15) is 0 Å². The van der Waals surface area contributed by atoms with Gasteiger partial charge in [0.2, 0.25) is 5.91 Å². The molecule has 24 heavy (non-hydrogen) atoms. The average Bonchev–Trinajstić information content (AvgIpc) is 3.23. The Morgan fingerprint density at radius 2 is 2.00 bits per heavy atom. The molecule has 0 radical (unpaired) electrons. The van der Waals surface area contributed by atoms with Crippen molar-refractivity contribution >= 4 is 5.91 Å². The molecule has 4 heteroatoms. The van der Waals surface area contributed by atoms with Gasteiger partial charge >= 0.3 is 0 Å². The van der Waals surface area contributed by atoms with Crippen molar-refractivity contribution in [2.45, 2.75) is 37.8 Å². The highest BCUT2D eigenvalue weighted by molar-refractivity contribution is 5.74. The molecule has 0 spiro atoms. The van der Waals surface area contributed by atoms with Crippen LogP contribution in [0.4, 0.5) is 0 Å². The average molecular weight is 324 g/mol. The fourth-order valence-electron chi connectivity index (χ4n) is 4.61. The zero-order valence-electron chi connectivity index (χ0n) is 14.1. The van der Waals surface area contributed by atoms with Crippen LogP contribution in [0.1, 0.15) is 30.9 Å². The second kappa shape index (κ2) is 6.10. The molecular formula is C20H24N2O2. The lowest BCUT2D eigenvalue weighted by atomic mass is 9.69. The lowest BCUT2D eigenvalue weighted by Crippen LogP contribution is -2.56. The summed E-state index contributed by atoms with van der Waals surface area (Å²) in [6.45, 7) is 5.45. The van der Waals surface area contributed by atoms with Crippen molar-refractivity contribution in [3.63, 3.8) is 0 Å². The van der Waals surface area contributed by atoms with Gasteiger partial charge in [0, 0.05) is 37.5 Å². The zero-order valence-corrected chi connectivity index (χ0v) is 14.1. The maximum Gasteiger partial charge on any atom is 0.219 e. The number of nitrogens with zero attached hydrogens (tertiary/aromatic N) is 2. The standard InChI is InChI=1S/C20H24N2O2/c1-16(23)22-11-9-20(18-5-3-2-4-6-18)8-10-21(14-19(20)22)13-17-7-12-24-15-17/h2-7,12,15,19H,8-11,13-14H2,1H3. The second-order valence-electron chi connectivity index (χ2n) is 7.12. The third-order valence-electron chi connectivity index (χ3n) is 5.86. The van der Waals surface area contributed by atoms with Crippen LogP contribution < -0.4 is 0 Å². The van der Waals surface area contributed by atoms with Gasteiger partial charge in [0.15, 0.2) is 0 Å². The molecule has 0 saturated carbocycles. The minimum atomic E-state index is 0.111. The molecule has 4 rings (SSSR count). The number of furan rings is 1. The number of hydrogen-bond acceptors (Lipinski definition) is 3. The van der Waals surface area contributed by atoms with Gasteiger partial charge in [-0.15, -0.1) is 0 Å². The number of likely N-dealkylation sites (tertiary alicyclic amines) is 2. The fourth-order valence-corrected chi connectivity index (χ4v) is 4.61. The summed E-state index contributed by atoms with van der Waals surface area (Å²) in [7, 11) is 0. The number of carbonyl (C=O) groups is 1. The van der Waals surface area contributed by atoms with E-state index in [1.54, 1.807) is 13.2 Å². The molecule has 0 N–H and O–H groups in total. The van der Waals surface area contributed by atoms with Crippen LogP contribution in [0.25, 0.3) is 0 Å². The van der Waals surface area contributed by atoms with Crippen molar-refractivity contribution < 1.29 is 9.21 Å². The first-order chi connectivity index (χ1) is 11.7. The minimum Gasteiger partial charge on any atom is -0.472 e. The maximum absolute atomic E-state index is 12.2. The van der Waals surface area contributed by atoms with Crippen molar-refractivity contribution in [3.8, 4) is 0 Å². The van der Waals surface area contributed by atoms with Crippen LogP contribution in [0.2, 0.25) is 0 Å². The van der Waals surface area contributed by atoms with E-state index in [1.807, 2.05) is 12.3 Å². The fraction of sp³-hybridized carbons (Fsp3) is 0.450. The molecule has 1 aromatic heterocycles. The third kappa shape index (κ3) is 2.55. The van der Waals surface area contributed by atoms with Crippen LogP contribution in [0.5, 0.6) is 0 Å². The van der Waals surface area contributed by atoms with Crippen LogP contribution in [0.15, 0.2) is 53.3 Å². The van der Waals surface area contributed by atoms with E-state index in [0.717, 1.165) is 39.0 Å². The van der Waals surface area contributed by atoms with Crippen LogP contribution >= 0.6 is 0 Å². The Kier molecular flexibility index (Phi) is 3.93. The Bertz CT molecular complexity index is 698. The Morgan fingerprint density at radius 1 is 1.21 bits per heavy atom. The molecular weight excluding hydrogens is 300 g/mol. The summed E-state index contributed by atoms with van der Waals surface area (Å²) >= 11 is 0. The van der Waals surface area contributed by atoms with E-state index in [1.165, 1.54) is 11.1 Å². The molecule has 3 heterocycles. The second-order valence-corrected chi connectivity index (χ2v) is 7.12. The summed E-state index contributed by atoms with van der Waals surface area (Å²) in [6, 6.07) is 13.1. The monoisotopic (exact) mass is 324 g/mol. The van der Waals surface area contributed by atoms with Crippen molar-refractivity contribution in [1.82, 2.24) is 9.80 Å². The summed E-state index contributed by atoms with van der Waals surface area (Å²) in [6.07, 6.45) is 5.71. The van der Waals surface area contributed by atoms with Gasteiger partial charge in [-0.2, -0.15) is 0 Å². The molecule has 126 valence electrons. The Balaban J connectivity index is 1.62. The number of amides is 1. The number of hydrogen-bond donors (Lipinski definition) is 0. The van der Waals surface area contributed by atoms with E-state index in [4.69, 9.17) is 4.42 Å². The van der Waals surface area contributed by atoms with Gasteiger partial charge in [-0.25, -0.2) is 0 Å². The smallest absolute Gasteiger partial charge is 0.219 e. The van der Waals surface area contributed by atoms with Gasteiger partial charge in [-0.3, -0.25) is 9.69 Å². The summed E-state index contributed by atoms with van der Waals surface area (Å²) in [5, 5.41) is 0. The van der Waals surface area contributed by atoms with E-state index in [9.17, 15) is 4.79 Å². The maximum atomic E-state index is 12.2. The van der Waals surface area contributed by atoms with E-state index >= 15 is 0 Å². The van der Waals surface area contributed by atoms with Gasteiger partial charge in [-0.1, -0.05) is 30.3 Å². The van der Waals surface area contributed by atoms with E-state index in [2.05, 4.69) is 40.1 Å². The lowest BCUT2D eigenvalue weighted by Gasteiger charge is -2.46. The first kappa shape index (κ1) is 15.5. The predicted molar refractivity (Wildman–Crippen MR) is 92.5 cm³/mol. The summed E-state index contributed by atoms with van der Waals surface area (Å²) < 4.78 is 5.20. The van der Waals surface area contributed by atoms with Gasteiger partial charge in [-0.05, 0) is 31.0 Å². The third-order valence-corrected chi connectivity index (χ3v) is 5.86. The molecule has 2 unspecified atom stereocenters. The number of carbonyl (C=O) groups excluding carboxylic acids is 1. The predicted octanol–water partition coefficient (Wildman–Crippen LogP) is 3.04. The van der Waals surface area contributed by atoms with Crippen LogP contribution in [-0.4, -0.2) is 41.4 Å². The molecule has 2 saturated heterocycles. The Labute approximate surface area is 143 Å². The quantitative estimate of drug-likeness (QED) is 0.871. The molecule has 1 aromatic carbocycles. The first-order valence-corrected chi connectivity index (χ1v) is 8.75. The molecule has 2 atom stereocenters. The Morgan fingerprint density at radius 3 is 2.71 bits per heavy atom. The van der Waals surface area contributed by atoms with Crippen molar-refractivity contribution in [3.05, 3.63) is 60.1 Å². The molecule has 2 fully saturated rings. The molecule has 2 aromatic rings. The van der Waals surface area contributed by atoms with Crippen molar-refractivity contribution in [2.75, 3.05) is 19.6 Å². The van der Waals surface area contributed by atoms with Crippen LogP contribution in [0.3, 0.4) is 0 Å². The summed E-state index contributed by atoms with van der Waals surface area (Å²) in [5.74, 6) is 0.197. The molecule has 2 aliphatic rings. The van der Waals surface area contributed by atoms with Crippen LogP contribution in [0, 0.1) is 0 Å². The topological polar surface area (TPSA) is 36.7 Å². The van der Waals surface area contributed by atoms with Gasteiger partial charge < -0.3 is 9.32 Å². The number of fused-ring (bicyclic) bond motifs is 1. The highest BCUT2D eigenvalue weighted by Gasteiger charge is 2.51. The minimum absolute atomic E-state index is 0.111. The molecule has 0 bridgehead atoms. The van der Waals surface area contributed by atoms with Crippen molar-refractivity contribution in [2.24, 2.45) is 0 Å². The van der Waals surface area contributed by atoms with Gasteiger partial charge in [0.25, 0.3) is 0 Å². The molecule has 4 nitrogen and oxygen atoms in total. The molecule has 0 aliphatic carbocycles. The highest BCUT2D eigenvalue weighted by atomic mass is 16.3. The first-order valence-electron chi connectivity index (χ1n) is 8.75. The number of benzene rings is 1. The van der Waals surface area contributed by atoms with Crippen molar-refractivity contribution in [1.29, 1.82) is 0 Å². The van der Waals surface area contributed by atoms with E-state index in [-0.39, 0.29) is 17.4 Å². The highest BCUT2D eigenvalue weighted by Crippen LogP contribution is 2.46. The van der Waals surface area contributed by atoms with E-state index < -0.39 is 0 Å². The largest absolute Gasteiger partial charge is 0.472 e. The summed E-state index contributed by atoms with van der Waals surface area (Å²) in [5.41, 5.74) is 2.70. The SMILES string of the molecule is CC(=O)N1CCC2(c3ccccc3)CCN(Cc3ccoc3)CC12. The number of piperidine rings is 1. The van der Waals surface area contributed by atoms with Gasteiger partial charge in [0.05, 0.1) is 18.6 Å². The van der Waals surface area contributed by atoms with E-state index in [0.29, 0.717) is 0 Å². The number of rotatable bonds is 3. The summed E-state index contributed by atoms with van der Waals surface area (Å²) in [4.78, 5) is 16.7. The zero-order chi connectivity index (χ0) is 16.6.